The number of carbonyl (C=O) groups excluding carboxylic acids is 3. The molecule has 4 N–H and O–H groups in total. The molecule has 0 spiro atoms. The third-order valence-electron chi connectivity index (χ3n) is 11.5. The molecule has 0 fully saturated rings. The molecule has 4 atom stereocenters. The number of hydrogen-bond acceptors (Lipinski definition) is 8. The molecule has 1 unspecified atom stereocenters. The van der Waals surface area contributed by atoms with Crippen molar-refractivity contribution in [3.8, 4) is 5.75 Å². The van der Waals surface area contributed by atoms with E-state index in [2.05, 4.69) is 21.2 Å². The number of nitrogens with zero attached hydrogens (tertiary/aromatic N) is 3. The zero-order chi connectivity index (χ0) is 41.0. The lowest BCUT2D eigenvalue weighted by atomic mass is 9.83. The van der Waals surface area contributed by atoms with Crippen LogP contribution in [-0.2, 0) is 45.9 Å². The van der Waals surface area contributed by atoms with Crippen LogP contribution in [0.2, 0.25) is 0 Å². The van der Waals surface area contributed by atoms with E-state index in [0.717, 1.165) is 40.1 Å². The van der Waals surface area contributed by atoms with Crippen LogP contribution in [-0.4, -0.2) is 76.4 Å². The minimum Gasteiger partial charge on any atom is -0.494 e. The molecule has 3 aliphatic rings. The van der Waals surface area contributed by atoms with E-state index in [1.165, 1.54) is 0 Å². The summed E-state index contributed by atoms with van der Waals surface area (Å²) in [5, 5.41) is 35.1. The van der Waals surface area contributed by atoms with Crippen LogP contribution < -0.4 is 19.9 Å². The van der Waals surface area contributed by atoms with E-state index in [4.69, 9.17) is 4.74 Å². The topological polar surface area (TPSA) is 143 Å². The van der Waals surface area contributed by atoms with Gasteiger partial charge in [-0.1, -0.05) is 71.4 Å². The first-order valence-electron chi connectivity index (χ1n) is 20.1. The molecule has 0 saturated heterocycles. The summed E-state index contributed by atoms with van der Waals surface area (Å²) in [6, 6.07) is 25.9. The highest BCUT2D eigenvalue weighted by Crippen LogP contribution is 2.47. The fourth-order valence-corrected chi connectivity index (χ4v) is 8.81. The average Bonchev–Trinajstić information content (AvgIpc) is 3.43. The number of unbranched alkanes of at least 4 members (excludes halogenated alkanes) is 1. The zero-order valence-electron chi connectivity index (χ0n) is 32.9. The molecule has 0 aliphatic carbocycles. The van der Waals surface area contributed by atoms with Crippen LogP contribution in [0.5, 0.6) is 5.75 Å². The monoisotopic (exact) mass is 850 g/mol. The predicted octanol–water partition coefficient (Wildman–Crippen LogP) is 6.06. The minimum absolute atomic E-state index is 0.0550. The summed E-state index contributed by atoms with van der Waals surface area (Å²) in [4.78, 5) is 47.1. The Labute approximate surface area is 348 Å². The number of ether oxygens (including phenoxy) is 1. The molecule has 7 rings (SSSR count). The van der Waals surface area contributed by atoms with Crippen molar-refractivity contribution in [2.24, 2.45) is 5.92 Å². The Morgan fingerprint density at radius 2 is 1.76 bits per heavy atom. The molecule has 4 aromatic carbocycles. The van der Waals surface area contributed by atoms with Crippen molar-refractivity contribution in [1.29, 1.82) is 0 Å². The van der Waals surface area contributed by atoms with Crippen LogP contribution in [0.25, 0.3) is 0 Å². The maximum Gasteiger partial charge on any atom is 0.264 e. The molecule has 3 amide bonds. The van der Waals surface area contributed by atoms with Crippen LogP contribution in [0, 0.1) is 5.92 Å². The highest BCUT2D eigenvalue weighted by Gasteiger charge is 2.52. The summed E-state index contributed by atoms with van der Waals surface area (Å²) in [5.74, 6) is -0.695. The summed E-state index contributed by atoms with van der Waals surface area (Å²) < 4.78 is 6.51. The Bertz CT molecular complexity index is 2190. The van der Waals surface area contributed by atoms with Crippen LogP contribution in [0.3, 0.4) is 0 Å². The van der Waals surface area contributed by atoms with Gasteiger partial charge in [0.1, 0.15) is 5.75 Å². The summed E-state index contributed by atoms with van der Waals surface area (Å²) in [7, 11) is 0. The normalized spacial score (nSPS) is 20.6. The molecule has 58 heavy (non-hydrogen) atoms. The van der Waals surface area contributed by atoms with Gasteiger partial charge < -0.3 is 35.2 Å². The summed E-state index contributed by atoms with van der Waals surface area (Å²) >= 11 is 3.53. The Balaban J connectivity index is 1.12. The van der Waals surface area contributed by atoms with Gasteiger partial charge in [-0.25, -0.2) is 0 Å². The Morgan fingerprint density at radius 1 is 0.966 bits per heavy atom. The maximum atomic E-state index is 14.5. The molecule has 0 saturated carbocycles. The molecule has 0 radical (unpaired) electrons. The van der Waals surface area contributed by atoms with Crippen LogP contribution in [0.1, 0.15) is 60.9 Å². The van der Waals surface area contributed by atoms with E-state index in [9.17, 15) is 29.7 Å². The second-order valence-corrected chi connectivity index (χ2v) is 16.2. The summed E-state index contributed by atoms with van der Waals surface area (Å²) in [6.07, 6.45) is 5.94. The molecule has 12 heteroatoms. The first-order valence-corrected chi connectivity index (χ1v) is 20.9. The van der Waals surface area contributed by atoms with Gasteiger partial charge in [0.05, 0.1) is 43.2 Å². The summed E-state index contributed by atoms with van der Waals surface area (Å²) in [6.45, 7) is 5.31. The molecule has 3 aliphatic heterocycles. The highest BCUT2D eigenvalue weighted by molar-refractivity contribution is 9.10. The molecular formula is C46H51BrN4O7. The van der Waals surface area contributed by atoms with E-state index in [1.54, 1.807) is 39.8 Å². The molecule has 3 heterocycles. The van der Waals surface area contributed by atoms with Crippen molar-refractivity contribution in [1.82, 2.24) is 10.2 Å². The SMILES string of the molecule is CCOc1ccc2c(c1)CC(NCCCCO)C(=O)N2c1cccc(CN2C(=O)[C@@](O)([C@@H](C)/C=C/CC(=O)N3Cc4ccccc4C[C@H]3CO)c3cc(Br)ccc32)c1. The van der Waals surface area contributed by atoms with Gasteiger partial charge in [-0.2, -0.15) is 0 Å². The Morgan fingerprint density at radius 3 is 2.53 bits per heavy atom. The van der Waals surface area contributed by atoms with Gasteiger partial charge in [-0.15, -0.1) is 0 Å². The molecule has 0 bridgehead atoms. The second-order valence-electron chi connectivity index (χ2n) is 15.3. The Kier molecular flexibility index (Phi) is 12.8. The lowest BCUT2D eigenvalue weighted by molar-refractivity contribution is -0.139. The standard InChI is InChI=1S/C46H51BrN4O7/c1-3-58-38-17-19-41-34(24-38)25-40(48-20-6-7-21-52)44(55)51(41)36-14-9-11-31(22-36)27-50-42-18-16-35(47)26-39(42)46(57,45(50)56)30(2)10-8-15-43(54)49-28-33-13-5-4-12-32(33)23-37(49)29-53/h4-5,8-14,16-19,22,24,26,30,37,40,48,52-53,57H,3,6-7,15,20-21,23,25,27-29H2,1-2H3/b10-8+/t30-,37-,40?,46+/m0/s1. The number of benzene rings is 4. The van der Waals surface area contributed by atoms with Crippen LogP contribution in [0.15, 0.2) is 102 Å². The third-order valence-corrected chi connectivity index (χ3v) is 12.0. The number of hydrogen-bond donors (Lipinski definition) is 4. The largest absolute Gasteiger partial charge is 0.494 e. The number of aliphatic hydroxyl groups excluding tert-OH is 2. The minimum atomic E-state index is -1.91. The predicted molar refractivity (Wildman–Crippen MR) is 227 cm³/mol. The first-order chi connectivity index (χ1) is 28.1. The van der Waals surface area contributed by atoms with Gasteiger partial charge in [-0.3, -0.25) is 19.3 Å². The molecule has 0 aromatic heterocycles. The summed E-state index contributed by atoms with van der Waals surface area (Å²) in [5.41, 5.74) is 4.45. The number of aliphatic hydroxyl groups is 3. The van der Waals surface area contributed by atoms with Crippen molar-refractivity contribution >= 4 is 50.7 Å². The third kappa shape index (κ3) is 8.21. The van der Waals surface area contributed by atoms with E-state index in [-0.39, 0.29) is 44.0 Å². The van der Waals surface area contributed by atoms with Gasteiger partial charge in [0.15, 0.2) is 5.60 Å². The number of fused-ring (bicyclic) bond motifs is 3. The number of rotatable bonds is 15. The van der Waals surface area contributed by atoms with Gasteiger partial charge >= 0.3 is 0 Å². The number of nitrogens with one attached hydrogen (secondary N) is 1. The average molecular weight is 852 g/mol. The van der Waals surface area contributed by atoms with Gasteiger partial charge in [0, 0.05) is 41.2 Å². The number of carbonyl (C=O) groups is 3. The Hall–Kier alpha value is -4.85. The van der Waals surface area contributed by atoms with Crippen molar-refractivity contribution in [2.45, 2.75) is 76.7 Å². The fourth-order valence-electron chi connectivity index (χ4n) is 8.45. The van der Waals surface area contributed by atoms with E-state index in [0.29, 0.717) is 60.4 Å². The number of amides is 3. The van der Waals surface area contributed by atoms with Crippen molar-refractivity contribution in [3.05, 3.63) is 129 Å². The second kappa shape index (κ2) is 18.0. The smallest absolute Gasteiger partial charge is 0.264 e. The highest BCUT2D eigenvalue weighted by atomic mass is 79.9. The fraction of sp³-hybridized carbons (Fsp3) is 0.370. The van der Waals surface area contributed by atoms with Crippen LogP contribution >= 0.6 is 15.9 Å². The van der Waals surface area contributed by atoms with Gasteiger partial charge in [0.25, 0.3) is 5.91 Å². The van der Waals surface area contributed by atoms with Crippen LogP contribution in [0.4, 0.5) is 17.1 Å². The lowest BCUT2D eigenvalue weighted by Gasteiger charge is -2.36. The van der Waals surface area contributed by atoms with E-state index >= 15 is 0 Å². The lowest BCUT2D eigenvalue weighted by Crippen LogP contribution is -2.49. The van der Waals surface area contributed by atoms with Gasteiger partial charge in [0.2, 0.25) is 11.8 Å². The first kappa shape index (κ1) is 41.3. The zero-order valence-corrected chi connectivity index (χ0v) is 34.5. The van der Waals surface area contributed by atoms with Gasteiger partial charge in [-0.05, 0) is 110 Å². The van der Waals surface area contributed by atoms with Crippen molar-refractivity contribution in [3.63, 3.8) is 0 Å². The molecule has 304 valence electrons. The number of halogens is 1. The molecule has 11 nitrogen and oxygen atoms in total. The molecular weight excluding hydrogens is 800 g/mol. The van der Waals surface area contributed by atoms with E-state index < -0.39 is 23.5 Å². The van der Waals surface area contributed by atoms with E-state index in [1.807, 2.05) is 85.8 Å². The molecule has 4 aromatic rings. The maximum absolute atomic E-state index is 14.5. The number of anilines is 3. The van der Waals surface area contributed by atoms with Crippen molar-refractivity contribution < 1.29 is 34.4 Å². The van der Waals surface area contributed by atoms with Crippen molar-refractivity contribution in [2.75, 3.05) is 36.2 Å². The quantitative estimate of drug-likeness (QED) is 0.0836.